The Balaban J connectivity index is 1.56. The molecule has 0 amide bonds. The molecular formula is C20H27N5O2. The number of methoxy groups -OCH3 is 1. The van der Waals surface area contributed by atoms with Gasteiger partial charge in [-0.2, -0.15) is 10.4 Å². The molecule has 27 heavy (non-hydrogen) atoms. The van der Waals surface area contributed by atoms with Crippen molar-refractivity contribution in [3.8, 4) is 17.6 Å². The summed E-state index contributed by atoms with van der Waals surface area (Å²) < 4.78 is 13.2. The Bertz CT molecular complexity index is 796. The van der Waals surface area contributed by atoms with E-state index in [9.17, 15) is 0 Å². The maximum atomic E-state index is 8.63. The van der Waals surface area contributed by atoms with Gasteiger partial charge in [-0.15, -0.1) is 0 Å². The van der Waals surface area contributed by atoms with Crippen molar-refractivity contribution < 1.29 is 9.47 Å². The quantitative estimate of drug-likeness (QED) is 0.684. The zero-order chi connectivity index (χ0) is 19.1. The predicted molar refractivity (Wildman–Crippen MR) is 102 cm³/mol. The monoisotopic (exact) mass is 369 g/mol. The van der Waals surface area contributed by atoms with Crippen molar-refractivity contribution in [2.24, 2.45) is 0 Å². The van der Waals surface area contributed by atoms with Crippen LogP contribution in [0.15, 0.2) is 18.2 Å². The summed E-state index contributed by atoms with van der Waals surface area (Å²) in [6.07, 6.45) is 4.11. The summed E-state index contributed by atoms with van der Waals surface area (Å²) in [5.74, 6) is 3.47. The molecule has 1 aliphatic heterocycles. The summed E-state index contributed by atoms with van der Waals surface area (Å²) in [6, 6.07) is 8.50. The van der Waals surface area contributed by atoms with E-state index in [1.165, 1.54) is 0 Å². The molecule has 1 aromatic heterocycles. The third kappa shape index (κ3) is 4.98. The highest BCUT2D eigenvalue weighted by Crippen LogP contribution is 2.28. The minimum absolute atomic E-state index is 0.381. The Kier molecular flexibility index (Phi) is 6.66. The highest BCUT2D eigenvalue weighted by molar-refractivity contribution is 5.43. The second-order valence-electron chi connectivity index (χ2n) is 6.69. The topological polar surface area (TPSA) is 85.0 Å². The second kappa shape index (κ2) is 9.38. The molecule has 1 aliphatic rings. The third-order valence-electron chi connectivity index (χ3n) is 4.73. The number of ether oxygens (including phenoxy) is 2. The van der Waals surface area contributed by atoms with E-state index in [2.05, 4.69) is 28.4 Å². The lowest BCUT2D eigenvalue weighted by atomic mass is 10.1. The van der Waals surface area contributed by atoms with Crippen LogP contribution < -0.4 is 14.8 Å². The molecule has 0 saturated heterocycles. The van der Waals surface area contributed by atoms with Crippen molar-refractivity contribution in [2.75, 3.05) is 13.7 Å². The summed E-state index contributed by atoms with van der Waals surface area (Å²) in [7, 11) is 1.64. The highest BCUT2D eigenvalue weighted by Gasteiger charge is 2.21. The van der Waals surface area contributed by atoms with Crippen molar-refractivity contribution in [2.45, 2.75) is 58.2 Å². The van der Waals surface area contributed by atoms with Gasteiger partial charge in [0.05, 0.1) is 26.3 Å². The molecule has 1 N–H and O–H groups in total. The highest BCUT2D eigenvalue weighted by atomic mass is 16.5. The fourth-order valence-corrected chi connectivity index (χ4v) is 3.22. The molecule has 1 atom stereocenters. The molecular weight excluding hydrogens is 342 g/mol. The van der Waals surface area contributed by atoms with Crippen LogP contribution in [0, 0.1) is 11.3 Å². The van der Waals surface area contributed by atoms with Crippen LogP contribution in [0.3, 0.4) is 0 Å². The van der Waals surface area contributed by atoms with Crippen LogP contribution in [0.4, 0.5) is 0 Å². The zero-order valence-electron chi connectivity index (χ0n) is 16.1. The van der Waals surface area contributed by atoms with E-state index in [-0.39, 0.29) is 0 Å². The molecule has 0 bridgehead atoms. The average molecular weight is 369 g/mol. The number of hydrogen-bond acceptors (Lipinski definition) is 6. The summed E-state index contributed by atoms with van der Waals surface area (Å²) in [6.45, 7) is 4.21. The minimum atomic E-state index is 0.381. The molecule has 3 rings (SSSR count). The van der Waals surface area contributed by atoms with Crippen molar-refractivity contribution in [1.29, 1.82) is 5.26 Å². The number of nitriles is 1. The number of benzene rings is 1. The molecule has 2 aromatic rings. The molecule has 2 heterocycles. The maximum absolute atomic E-state index is 8.63. The molecule has 0 fully saturated rings. The maximum Gasteiger partial charge on any atom is 0.161 e. The van der Waals surface area contributed by atoms with Gasteiger partial charge in [-0.3, -0.25) is 0 Å². The van der Waals surface area contributed by atoms with Gasteiger partial charge in [0.2, 0.25) is 0 Å². The molecule has 7 nitrogen and oxygen atoms in total. The van der Waals surface area contributed by atoms with Crippen LogP contribution >= 0.6 is 0 Å². The molecule has 7 heteroatoms. The Hall–Kier alpha value is -2.59. The van der Waals surface area contributed by atoms with E-state index in [1.807, 2.05) is 22.9 Å². The van der Waals surface area contributed by atoms with E-state index >= 15 is 0 Å². The normalized spacial score (nSPS) is 15.8. The van der Waals surface area contributed by atoms with Crippen LogP contribution in [-0.4, -0.2) is 34.5 Å². The van der Waals surface area contributed by atoms with Crippen molar-refractivity contribution in [3.63, 3.8) is 0 Å². The number of fused-ring (bicyclic) bond motifs is 1. The van der Waals surface area contributed by atoms with E-state index in [0.717, 1.165) is 55.3 Å². The Morgan fingerprint density at radius 2 is 2.26 bits per heavy atom. The van der Waals surface area contributed by atoms with Gasteiger partial charge in [-0.25, -0.2) is 9.67 Å². The van der Waals surface area contributed by atoms with Crippen LogP contribution in [0.2, 0.25) is 0 Å². The van der Waals surface area contributed by atoms with Crippen LogP contribution in [0.25, 0.3) is 0 Å². The van der Waals surface area contributed by atoms with Gasteiger partial charge in [-0.05, 0) is 30.5 Å². The van der Waals surface area contributed by atoms with Gasteiger partial charge in [-0.1, -0.05) is 13.0 Å². The Morgan fingerprint density at radius 1 is 1.37 bits per heavy atom. The average Bonchev–Trinajstić information content (AvgIpc) is 3.12. The number of nitrogens with one attached hydrogen (secondary N) is 1. The largest absolute Gasteiger partial charge is 0.493 e. The predicted octanol–water partition coefficient (Wildman–Crippen LogP) is 2.64. The lowest BCUT2D eigenvalue weighted by Gasteiger charge is -2.24. The van der Waals surface area contributed by atoms with Crippen LogP contribution in [0.1, 0.15) is 43.4 Å². The lowest BCUT2D eigenvalue weighted by Crippen LogP contribution is -2.37. The zero-order valence-corrected chi connectivity index (χ0v) is 16.1. The number of rotatable bonds is 9. The third-order valence-corrected chi connectivity index (χ3v) is 4.73. The van der Waals surface area contributed by atoms with Gasteiger partial charge in [0.1, 0.15) is 5.82 Å². The molecule has 0 spiro atoms. The van der Waals surface area contributed by atoms with Gasteiger partial charge in [0.15, 0.2) is 17.3 Å². The van der Waals surface area contributed by atoms with E-state index in [4.69, 9.17) is 14.7 Å². The van der Waals surface area contributed by atoms with E-state index < -0.39 is 0 Å². The van der Waals surface area contributed by atoms with Crippen molar-refractivity contribution >= 4 is 0 Å². The summed E-state index contributed by atoms with van der Waals surface area (Å²) >= 11 is 0. The van der Waals surface area contributed by atoms with Gasteiger partial charge >= 0.3 is 0 Å². The fourth-order valence-electron chi connectivity index (χ4n) is 3.22. The Morgan fingerprint density at radius 3 is 3.04 bits per heavy atom. The Labute approximate surface area is 160 Å². The smallest absolute Gasteiger partial charge is 0.161 e. The standard InChI is InChI=1S/C20H27N5O2/c1-3-19-23-20-9-7-16(14-25(20)24-19)22-13-15-6-8-17(26-2)18(12-15)27-11-5-4-10-21/h6,8,12,16,22H,3-5,7,9,11,13-14H2,1-2H3. The first-order chi connectivity index (χ1) is 13.2. The van der Waals surface area contributed by atoms with Gasteiger partial charge in [0.25, 0.3) is 0 Å². The summed E-state index contributed by atoms with van der Waals surface area (Å²) in [5, 5.41) is 16.8. The molecule has 0 aliphatic carbocycles. The lowest BCUT2D eigenvalue weighted by molar-refractivity contribution is 0.290. The van der Waals surface area contributed by atoms with E-state index in [0.29, 0.717) is 31.2 Å². The van der Waals surface area contributed by atoms with Gasteiger partial charge in [0, 0.05) is 31.8 Å². The first-order valence-corrected chi connectivity index (χ1v) is 9.56. The first-order valence-electron chi connectivity index (χ1n) is 9.56. The van der Waals surface area contributed by atoms with Crippen molar-refractivity contribution in [3.05, 3.63) is 35.4 Å². The number of aryl methyl sites for hydroxylation is 2. The van der Waals surface area contributed by atoms with Gasteiger partial charge < -0.3 is 14.8 Å². The molecule has 0 radical (unpaired) electrons. The number of hydrogen-bond donors (Lipinski definition) is 1. The summed E-state index contributed by atoms with van der Waals surface area (Å²) in [5.41, 5.74) is 1.14. The first kappa shape index (κ1) is 19.2. The molecule has 1 unspecified atom stereocenters. The van der Waals surface area contributed by atoms with Crippen LogP contribution in [-0.2, 0) is 25.9 Å². The summed E-state index contributed by atoms with van der Waals surface area (Å²) in [4.78, 5) is 4.57. The van der Waals surface area contributed by atoms with Crippen molar-refractivity contribution in [1.82, 2.24) is 20.1 Å². The molecule has 0 saturated carbocycles. The molecule has 144 valence electrons. The fraction of sp³-hybridized carbons (Fsp3) is 0.550. The van der Waals surface area contributed by atoms with E-state index in [1.54, 1.807) is 7.11 Å². The number of unbranched alkanes of at least 4 members (excludes halogenated alkanes) is 1. The van der Waals surface area contributed by atoms with Crippen LogP contribution in [0.5, 0.6) is 11.5 Å². The molecule has 1 aromatic carbocycles. The number of aromatic nitrogens is 3. The SMILES string of the molecule is CCc1nc2n(n1)CC(NCc1ccc(OC)c(OCCCC#N)c1)CC2. The second-order valence-corrected chi connectivity index (χ2v) is 6.69. The minimum Gasteiger partial charge on any atom is -0.493 e. The number of nitrogens with zero attached hydrogens (tertiary/aromatic N) is 4.